The van der Waals surface area contributed by atoms with E-state index in [1.165, 1.54) is 24.8 Å². The molecule has 1 saturated heterocycles. The second kappa shape index (κ2) is 25.0. The van der Waals surface area contributed by atoms with Crippen molar-refractivity contribution in [3.05, 3.63) is 112 Å². The minimum Gasteiger partial charge on any atom is -0.488 e. The Morgan fingerprint density at radius 3 is 2.22 bits per heavy atom. The SMILES string of the molecule is Cc1ncsc1-c1ccc(CNC(=O)C2CCCN2C(=O)C(NC(=O)COCCCCCOc2c(F)cc(-c3ncc(N(C(=S)N(C)c4ccc(C#N)c(C(F)(F)F)c4F)C(C)(C)C=O)cc3F)cc2F)C(C)(C)C)cc1. The Balaban J connectivity index is 0.970. The number of thiazole rings is 1. The molecule has 0 bridgehead atoms. The Morgan fingerprint density at radius 2 is 1.62 bits per heavy atom. The predicted molar refractivity (Wildman–Crippen MR) is 280 cm³/mol. The van der Waals surface area contributed by atoms with E-state index in [9.17, 15) is 37.6 Å². The van der Waals surface area contributed by atoms with Crippen LogP contribution in [0.15, 0.2) is 66.3 Å². The molecule has 1 aliphatic heterocycles. The number of benzene rings is 3. The van der Waals surface area contributed by atoms with Gasteiger partial charge in [0.1, 0.15) is 36.2 Å². The minimum atomic E-state index is -5.25. The van der Waals surface area contributed by atoms with Crippen molar-refractivity contribution >= 4 is 64.0 Å². The van der Waals surface area contributed by atoms with Crippen molar-refractivity contribution in [1.82, 2.24) is 25.5 Å². The standard InChI is InChI=1S/C54H57F7N8O6S2/c1-31-47(77-30-65-31)33-15-13-32(14-16-33)26-64-49(72)41-12-11-19-68(41)50(73)48(52(2,3)4)66-42(71)28-74-20-9-8-10-21-75-46-38(56)22-35(23-39(46)57)45-37(55)24-36(27-63-45)69(53(5,6)29-70)51(76)67(7)40-18-17-34(25-62)43(44(40)58)54(59,60)61/h13-18,22-24,27,29-30,41,48H,8-12,19-21,26,28H2,1-7H3,(H,64,72)(H,66,71). The van der Waals surface area contributed by atoms with Crippen LogP contribution < -0.4 is 25.2 Å². The van der Waals surface area contributed by atoms with Crippen LogP contribution in [0.5, 0.6) is 5.75 Å². The first kappa shape index (κ1) is 59.2. The molecule has 2 aromatic heterocycles. The van der Waals surface area contributed by atoms with Crippen LogP contribution in [-0.2, 0) is 36.6 Å². The lowest BCUT2D eigenvalue weighted by molar-refractivity contribution is -0.144. The molecule has 1 aliphatic rings. The number of amides is 3. The maximum absolute atomic E-state index is 15.8. The van der Waals surface area contributed by atoms with E-state index in [4.69, 9.17) is 21.7 Å². The van der Waals surface area contributed by atoms with E-state index in [-0.39, 0.29) is 49.4 Å². The highest BCUT2D eigenvalue weighted by Crippen LogP contribution is 2.39. The van der Waals surface area contributed by atoms with E-state index in [1.54, 1.807) is 16.8 Å². The van der Waals surface area contributed by atoms with E-state index in [0.717, 1.165) is 75.1 Å². The molecule has 0 radical (unpaired) electrons. The fourth-order valence-electron chi connectivity index (χ4n) is 8.59. The molecule has 14 nitrogen and oxygen atoms in total. The maximum Gasteiger partial charge on any atom is 0.420 e. The summed E-state index contributed by atoms with van der Waals surface area (Å²) in [6.07, 6.45) is -1.51. The lowest BCUT2D eigenvalue weighted by Gasteiger charge is -2.39. The number of aryl methyl sites for hydroxylation is 1. The highest BCUT2D eigenvalue weighted by atomic mass is 32.1. The van der Waals surface area contributed by atoms with Crippen molar-refractivity contribution in [2.45, 2.75) is 104 Å². The molecule has 0 saturated carbocycles. The molecule has 6 rings (SSSR count). The Morgan fingerprint density at radius 1 is 0.948 bits per heavy atom. The van der Waals surface area contributed by atoms with Crippen molar-refractivity contribution in [3.8, 4) is 33.5 Å². The van der Waals surface area contributed by atoms with Gasteiger partial charge in [-0.3, -0.25) is 19.4 Å². The molecule has 3 aromatic carbocycles. The van der Waals surface area contributed by atoms with Crippen LogP contribution in [0.3, 0.4) is 0 Å². The number of carbonyl (C=O) groups excluding carboxylic acids is 4. The van der Waals surface area contributed by atoms with Crippen LogP contribution in [0, 0.1) is 46.9 Å². The zero-order chi connectivity index (χ0) is 56.6. The molecule has 410 valence electrons. The van der Waals surface area contributed by atoms with Crippen molar-refractivity contribution in [1.29, 1.82) is 5.26 Å². The van der Waals surface area contributed by atoms with Gasteiger partial charge >= 0.3 is 6.18 Å². The van der Waals surface area contributed by atoms with Crippen molar-refractivity contribution < 1.29 is 59.4 Å². The van der Waals surface area contributed by atoms with Crippen LogP contribution >= 0.6 is 23.6 Å². The molecule has 0 aliphatic carbocycles. The summed E-state index contributed by atoms with van der Waals surface area (Å²) in [5.74, 6) is -7.23. The normalized spacial score (nSPS) is 14.1. The van der Waals surface area contributed by atoms with Gasteiger partial charge in [0.15, 0.2) is 34.1 Å². The second-order valence-electron chi connectivity index (χ2n) is 19.9. The van der Waals surface area contributed by atoms with Gasteiger partial charge in [-0.2, -0.15) is 18.4 Å². The molecule has 23 heteroatoms. The summed E-state index contributed by atoms with van der Waals surface area (Å²) in [5, 5.41) is 14.5. The molecule has 3 heterocycles. The van der Waals surface area contributed by atoms with Crippen LogP contribution in [0.25, 0.3) is 21.7 Å². The number of nitrogens with zero attached hydrogens (tertiary/aromatic N) is 6. The first-order chi connectivity index (χ1) is 36.3. The number of carbonyl (C=O) groups is 4. The van der Waals surface area contributed by atoms with Gasteiger partial charge in [-0.1, -0.05) is 45.0 Å². The van der Waals surface area contributed by atoms with Gasteiger partial charge in [-0.05, 0) is 106 Å². The summed E-state index contributed by atoms with van der Waals surface area (Å²) in [7, 11) is 1.10. The lowest BCUT2D eigenvalue weighted by atomic mass is 9.85. The third kappa shape index (κ3) is 14.1. The van der Waals surface area contributed by atoms with Crippen LogP contribution in [0.2, 0.25) is 0 Å². The zero-order valence-corrected chi connectivity index (χ0v) is 44.9. The topological polar surface area (TPSA) is 170 Å². The highest BCUT2D eigenvalue weighted by Gasteiger charge is 2.43. The van der Waals surface area contributed by atoms with E-state index in [2.05, 4.69) is 20.6 Å². The number of aromatic nitrogens is 2. The monoisotopic (exact) mass is 1110 g/mol. The van der Waals surface area contributed by atoms with Gasteiger partial charge in [0.2, 0.25) is 17.7 Å². The van der Waals surface area contributed by atoms with Crippen LogP contribution in [-0.4, -0.2) is 95.0 Å². The van der Waals surface area contributed by atoms with Crippen molar-refractivity contribution in [2.24, 2.45) is 5.41 Å². The number of ether oxygens (including phenoxy) is 2. The average Bonchev–Trinajstić information content (AvgIpc) is 4.06. The number of hydrogen-bond donors (Lipinski definition) is 2. The predicted octanol–water partition coefficient (Wildman–Crippen LogP) is 10.2. The number of alkyl halides is 3. The van der Waals surface area contributed by atoms with Crippen molar-refractivity contribution in [2.75, 3.05) is 43.2 Å². The summed E-state index contributed by atoms with van der Waals surface area (Å²) in [6, 6.07) is 11.6. The fraction of sp³-hybridized carbons (Fsp3) is 0.407. The van der Waals surface area contributed by atoms with E-state index in [0.29, 0.717) is 44.9 Å². The largest absolute Gasteiger partial charge is 0.488 e. The third-order valence-electron chi connectivity index (χ3n) is 12.7. The molecule has 0 spiro atoms. The zero-order valence-electron chi connectivity index (χ0n) is 43.2. The molecular weight excluding hydrogens is 1050 g/mol. The Hall–Kier alpha value is -7.03. The van der Waals surface area contributed by atoms with E-state index < -0.39 is 91.8 Å². The minimum absolute atomic E-state index is 0.124. The van der Waals surface area contributed by atoms with Gasteiger partial charge in [-0.15, -0.1) is 11.3 Å². The fourth-order valence-corrected chi connectivity index (χ4v) is 9.84. The third-order valence-corrected chi connectivity index (χ3v) is 14.1. The summed E-state index contributed by atoms with van der Waals surface area (Å²) in [6.45, 7) is 10.4. The van der Waals surface area contributed by atoms with Gasteiger partial charge in [0.05, 0.1) is 57.4 Å². The number of aldehydes is 1. The molecule has 77 heavy (non-hydrogen) atoms. The molecule has 2 unspecified atom stereocenters. The van der Waals surface area contributed by atoms with Gasteiger partial charge in [-0.25, -0.2) is 22.5 Å². The number of rotatable bonds is 20. The lowest BCUT2D eigenvalue weighted by Crippen LogP contribution is -2.58. The summed E-state index contributed by atoms with van der Waals surface area (Å²) >= 11 is 7.04. The maximum atomic E-state index is 15.8. The van der Waals surface area contributed by atoms with Gasteiger partial charge < -0.3 is 39.6 Å². The molecular formula is C54H57F7N8O6S2. The van der Waals surface area contributed by atoms with Crippen molar-refractivity contribution in [3.63, 3.8) is 0 Å². The smallest absolute Gasteiger partial charge is 0.420 e. The average molecular weight is 1110 g/mol. The molecule has 2 atom stereocenters. The number of nitrogens with one attached hydrogen (secondary N) is 2. The molecule has 2 N–H and O–H groups in total. The van der Waals surface area contributed by atoms with E-state index in [1.807, 2.05) is 52.0 Å². The molecule has 3 amide bonds. The number of hydrogen-bond acceptors (Lipinski definition) is 11. The van der Waals surface area contributed by atoms with Gasteiger partial charge in [0.25, 0.3) is 0 Å². The van der Waals surface area contributed by atoms with Gasteiger partial charge in [0, 0.05) is 38.4 Å². The first-order valence-corrected chi connectivity index (χ1v) is 25.6. The summed E-state index contributed by atoms with van der Waals surface area (Å²) in [4.78, 5) is 65.4. The Kier molecular flexibility index (Phi) is 19.2. The number of thiocarbonyl (C=S) groups is 1. The number of pyridine rings is 1. The number of likely N-dealkylation sites (tertiary alicyclic amines) is 1. The summed E-state index contributed by atoms with van der Waals surface area (Å²) < 4.78 is 114. The molecule has 1 fully saturated rings. The number of anilines is 2. The van der Waals surface area contributed by atoms with Crippen LogP contribution in [0.4, 0.5) is 42.1 Å². The Bertz CT molecular complexity index is 3010. The Labute approximate surface area is 450 Å². The number of halogens is 7. The van der Waals surface area contributed by atoms with Crippen LogP contribution in [0.1, 0.15) is 89.1 Å². The highest BCUT2D eigenvalue weighted by molar-refractivity contribution is 7.80. The number of unbranched alkanes of at least 4 members (excludes halogenated alkanes) is 2. The number of nitriles is 1. The molecule has 5 aromatic rings. The second-order valence-corrected chi connectivity index (χ2v) is 21.1. The summed E-state index contributed by atoms with van der Waals surface area (Å²) in [5.41, 5.74) is -2.29. The van der Waals surface area contributed by atoms with E-state index >= 15 is 17.6 Å². The quantitative estimate of drug-likeness (QED) is 0.0328. The first-order valence-electron chi connectivity index (χ1n) is 24.4.